The number of H-pyrrole nitrogens is 2. The summed E-state index contributed by atoms with van der Waals surface area (Å²) < 4.78 is 2.33. The van der Waals surface area contributed by atoms with Gasteiger partial charge in [0.15, 0.2) is 0 Å². The topological polar surface area (TPSA) is 278 Å². The highest BCUT2D eigenvalue weighted by Gasteiger charge is 2.25. The molecule has 4 rings (SSSR count). The van der Waals surface area contributed by atoms with Crippen LogP contribution in [-0.2, 0) is 22.7 Å². The van der Waals surface area contributed by atoms with Gasteiger partial charge in [-0.1, -0.05) is 38.5 Å². The molecule has 0 aliphatic carbocycles. The molecular formula is C40H58N10O12-2. The van der Waals surface area contributed by atoms with Gasteiger partial charge in [-0.2, -0.15) is 0 Å². The molecule has 2 aromatic heterocycles. The fourth-order valence-electron chi connectivity index (χ4n) is 7.53. The minimum absolute atomic E-state index is 0.109. The van der Waals surface area contributed by atoms with E-state index in [4.69, 9.17) is 0 Å². The van der Waals surface area contributed by atoms with Gasteiger partial charge < -0.3 is 29.6 Å². The van der Waals surface area contributed by atoms with E-state index in [9.17, 15) is 58.2 Å². The van der Waals surface area contributed by atoms with E-state index >= 15 is 0 Å². The van der Waals surface area contributed by atoms with E-state index in [2.05, 4.69) is 19.8 Å². The third-order valence-electron chi connectivity index (χ3n) is 11.3. The maximum atomic E-state index is 12.8. The number of carbonyl (C=O) groups excluding carboxylic acids is 6. The Balaban J connectivity index is 1.02. The maximum absolute atomic E-state index is 12.8. The first kappa shape index (κ1) is 48.8. The number of rotatable bonds is 21. The molecule has 2 saturated heterocycles. The highest BCUT2D eigenvalue weighted by Crippen LogP contribution is 2.14. The average Bonchev–Trinajstić information content (AvgIpc) is 3.24. The number of hydrogen-bond donors (Lipinski definition) is 2. The van der Waals surface area contributed by atoms with Gasteiger partial charge in [-0.15, -0.1) is 0 Å². The van der Waals surface area contributed by atoms with Crippen molar-refractivity contribution in [1.82, 2.24) is 48.5 Å². The van der Waals surface area contributed by atoms with Gasteiger partial charge in [-0.25, -0.2) is 9.59 Å². The first-order valence-corrected chi connectivity index (χ1v) is 21.4. The summed E-state index contributed by atoms with van der Waals surface area (Å²) in [5, 5.41) is 22.5. The molecule has 22 heteroatoms. The molecule has 0 atom stereocenters. The number of amides is 6. The van der Waals surface area contributed by atoms with Crippen molar-refractivity contribution in [2.45, 2.75) is 91.1 Å². The molecule has 2 aromatic rings. The van der Waals surface area contributed by atoms with Crippen LogP contribution in [0.25, 0.3) is 0 Å². The normalized spacial score (nSPS) is 14.7. The number of carboxylic acid groups (broad SMARTS) is 2. The minimum Gasteiger partial charge on any atom is -0.530 e. The molecule has 6 amide bonds. The second kappa shape index (κ2) is 23.9. The predicted molar refractivity (Wildman–Crippen MR) is 219 cm³/mol. The molecule has 0 saturated carbocycles. The maximum Gasteiger partial charge on any atom is 0.328 e. The summed E-state index contributed by atoms with van der Waals surface area (Å²) in [6.07, 6.45) is 7.31. The van der Waals surface area contributed by atoms with Crippen LogP contribution in [0, 0.1) is 0 Å². The van der Waals surface area contributed by atoms with Gasteiger partial charge in [0.05, 0.1) is 0 Å². The van der Waals surface area contributed by atoms with Gasteiger partial charge in [0.1, 0.15) is 23.3 Å². The third kappa shape index (κ3) is 13.8. The lowest BCUT2D eigenvalue weighted by Gasteiger charge is -2.35. The molecule has 0 unspecified atom stereocenters. The zero-order valence-corrected chi connectivity index (χ0v) is 35.6. The van der Waals surface area contributed by atoms with E-state index < -0.39 is 57.6 Å². The molecule has 22 nitrogen and oxygen atoms in total. The average molecular weight is 871 g/mol. The molecule has 2 N–H and O–H groups in total. The van der Waals surface area contributed by atoms with E-state index in [-0.39, 0.29) is 38.0 Å². The van der Waals surface area contributed by atoms with Gasteiger partial charge in [0.25, 0.3) is 22.9 Å². The Morgan fingerprint density at radius 3 is 1.15 bits per heavy atom. The van der Waals surface area contributed by atoms with E-state index in [1.165, 1.54) is 13.8 Å². The van der Waals surface area contributed by atoms with Crippen molar-refractivity contribution in [2.24, 2.45) is 0 Å². The largest absolute Gasteiger partial charge is 0.530 e. The van der Waals surface area contributed by atoms with Gasteiger partial charge in [-0.05, 0) is 26.7 Å². The summed E-state index contributed by atoms with van der Waals surface area (Å²) in [5.41, 5.74) is -4.32. The smallest absolute Gasteiger partial charge is 0.328 e. The number of aromatic amines is 2. The van der Waals surface area contributed by atoms with Crippen LogP contribution in [0.4, 0.5) is 9.59 Å². The molecule has 0 spiro atoms. The van der Waals surface area contributed by atoms with E-state index in [1.807, 2.05) is 9.80 Å². The monoisotopic (exact) mass is 870 g/mol. The Bertz CT molecular complexity index is 1980. The lowest BCUT2D eigenvalue weighted by Crippen LogP contribution is -2.50. The number of carbonyl (C=O) groups is 6. The lowest BCUT2D eigenvalue weighted by molar-refractivity contribution is -0.262. The molecule has 4 heterocycles. The molecule has 2 fully saturated rings. The number of imide groups is 2. The van der Waals surface area contributed by atoms with Crippen molar-refractivity contribution in [2.75, 3.05) is 78.5 Å². The van der Waals surface area contributed by atoms with Gasteiger partial charge in [0, 0.05) is 117 Å². The fraction of sp³-hybridized carbons (Fsp3) is 0.650. The molecule has 0 aromatic carbocycles. The summed E-state index contributed by atoms with van der Waals surface area (Å²) >= 11 is 0. The predicted octanol–water partition coefficient (Wildman–Crippen LogP) is -2.11. The second-order valence-corrected chi connectivity index (χ2v) is 15.4. The second-order valence-electron chi connectivity index (χ2n) is 15.4. The Labute approximate surface area is 357 Å². The van der Waals surface area contributed by atoms with Crippen LogP contribution in [0.5, 0.6) is 0 Å². The Morgan fingerprint density at radius 2 is 0.839 bits per heavy atom. The van der Waals surface area contributed by atoms with Crippen molar-refractivity contribution < 1.29 is 39.0 Å². The van der Waals surface area contributed by atoms with Crippen molar-refractivity contribution in [3.8, 4) is 0 Å². The van der Waals surface area contributed by atoms with Crippen LogP contribution >= 0.6 is 0 Å². The number of nitrogens with zero attached hydrogens (tertiary/aromatic N) is 8. The number of hydrogen-bond acceptors (Lipinski definition) is 14. The van der Waals surface area contributed by atoms with Crippen LogP contribution in [-0.4, -0.2) is 163 Å². The van der Waals surface area contributed by atoms with Crippen LogP contribution in [0.1, 0.15) is 98.8 Å². The van der Waals surface area contributed by atoms with Gasteiger partial charge in [0.2, 0.25) is 11.8 Å². The third-order valence-corrected chi connectivity index (χ3v) is 11.3. The highest BCUT2D eigenvalue weighted by atomic mass is 16.4. The van der Waals surface area contributed by atoms with Gasteiger partial charge in [-0.3, -0.25) is 67.5 Å². The first-order valence-electron chi connectivity index (χ1n) is 21.4. The number of piperazine rings is 2. The number of unbranched alkanes of at least 4 members (excludes halogenated alkanes) is 7. The van der Waals surface area contributed by atoms with E-state index in [1.54, 1.807) is 0 Å². The number of aromatic nitrogens is 4. The Morgan fingerprint density at radius 1 is 0.516 bits per heavy atom. The molecule has 2 aliphatic rings. The standard InChI is InChI=1S/C40H60N10O12/c1-3-49(39(59)60)35(55)29-27-47(37(57)41-33(29)53)25-19-43-15-21-45(22-16-43)31(51)13-11-9-7-5-6-8-10-12-14-32(52)46-23-17-44(18-24-46)20-26-48-28-30(34(54)42-38(48)58)36(56)50(4-2)40(61)62/h27-28H,3-26H2,1-2H3,(H,59,60)(H,61,62)(H,41,53,57)(H,42,54,58)/p-2. The first-order chi connectivity index (χ1) is 29.6. The summed E-state index contributed by atoms with van der Waals surface area (Å²) in [7, 11) is 0. The highest BCUT2D eigenvalue weighted by molar-refractivity contribution is 6.02. The van der Waals surface area contributed by atoms with Crippen molar-refractivity contribution in [1.29, 1.82) is 0 Å². The fourth-order valence-corrected chi connectivity index (χ4v) is 7.53. The SMILES string of the molecule is CCN(C(=O)[O-])C(=O)c1cn(CCN2CCN(C(=O)CCCCCCCCCCC(=O)N3CCN(CCn4cc(C(=O)N(CC)C(=O)[O-])c(=O)[nH]c4=O)CC3)CC2)c(=O)[nH]c1=O. The van der Waals surface area contributed by atoms with Crippen LogP contribution in [0.3, 0.4) is 0 Å². The summed E-state index contributed by atoms with van der Waals surface area (Å²) in [6, 6.07) is 0. The summed E-state index contributed by atoms with van der Waals surface area (Å²) in [4.78, 5) is 135. The minimum atomic E-state index is -1.74. The van der Waals surface area contributed by atoms with E-state index in [0.717, 1.165) is 72.9 Å². The zero-order valence-electron chi connectivity index (χ0n) is 35.6. The van der Waals surface area contributed by atoms with Crippen molar-refractivity contribution >= 4 is 35.8 Å². The molecular weight excluding hydrogens is 812 g/mol. The van der Waals surface area contributed by atoms with E-state index in [0.29, 0.717) is 88.1 Å². The summed E-state index contributed by atoms with van der Waals surface area (Å²) in [5.74, 6) is -1.91. The van der Waals surface area contributed by atoms with Gasteiger partial charge >= 0.3 is 11.4 Å². The molecule has 2 aliphatic heterocycles. The number of nitrogens with one attached hydrogen (secondary N) is 2. The zero-order chi connectivity index (χ0) is 45.3. The van der Waals surface area contributed by atoms with Crippen molar-refractivity contribution in [3.05, 3.63) is 65.2 Å². The molecule has 0 bridgehead atoms. The lowest BCUT2D eigenvalue weighted by atomic mass is 10.1. The van der Waals surface area contributed by atoms with Crippen LogP contribution in [0.15, 0.2) is 31.6 Å². The Hall–Kier alpha value is -5.90. The van der Waals surface area contributed by atoms with Crippen LogP contribution < -0.4 is 32.7 Å². The van der Waals surface area contributed by atoms with Crippen LogP contribution in [0.2, 0.25) is 0 Å². The Kier molecular flexibility index (Phi) is 18.8. The molecule has 0 radical (unpaired) electrons. The molecule has 342 valence electrons. The molecule has 62 heavy (non-hydrogen) atoms. The quantitative estimate of drug-likeness (QED) is 0.127. The summed E-state index contributed by atoms with van der Waals surface area (Å²) in [6.45, 7) is 8.16. The van der Waals surface area contributed by atoms with Crippen molar-refractivity contribution in [3.63, 3.8) is 0 Å².